The molecule has 0 aliphatic heterocycles. The van der Waals surface area contributed by atoms with E-state index in [-0.39, 0.29) is 17.4 Å². The fourth-order valence-electron chi connectivity index (χ4n) is 4.46. The van der Waals surface area contributed by atoms with Gasteiger partial charge in [0.05, 0.1) is 41.2 Å². The van der Waals surface area contributed by atoms with Crippen molar-refractivity contribution in [3.63, 3.8) is 0 Å². The number of rotatable bonds is 7. The van der Waals surface area contributed by atoms with Crippen LogP contribution in [0.1, 0.15) is 11.3 Å². The van der Waals surface area contributed by atoms with E-state index in [1.165, 1.54) is 12.4 Å². The molecule has 6 rings (SSSR count). The third-order valence-electron chi connectivity index (χ3n) is 6.77. The summed E-state index contributed by atoms with van der Waals surface area (Å²) in [6.07, 6.45) is -2.76. The zero-order valence-corrected chi connectivity index (χ0v) is 24.7. The summed E-state index contributed by atoms with van der Waals surface area (Å²) in [6, 6.07) is 10.6. The van der Waals surface area contributed by atoms with Gasteiger partial charge in [-0.25, -0.2) is 28.9 Å². The fraction of sp³-hybridized carbons (Fsp3) is 0.133. The molecule has 0 aliphatic rings. The van der Waals surface area contributed by atoms with Gasteiger partial charge in [-0.2, -0.15) is 36.5 Å². The van der Waals surface area contributed by atoms with Gasteiger partial charge in [-0.1, -0.05) is 12.1 Å². The summed E-state index contributed by atoms with van der Waals surface area (Å²) in [4.78, 5) is 27.3. The largest absolute Gasteiger partial charge is 0.435 e. The van der Waals surface area contributed by atoms with Crippen LogP contribution >= 0.6 is 0 Å². The van der Waals surface area contributed by atoms with E-state index in [0.29, 0.717) is 34.3 Å². The van der Waals surface area contributed by atoms with Crippen molar-refractivity contribution < 1.29 is 35.9 Å². The maximum absolute atomic E-state index is 13.4. The predicted molar refractivity (Wildman–Crippen MR) is 161 cm³/mol. The maximum atomic E-state index is 13.4. The van der Waals surface area contributed by atoms with Crippen molar-refractivity contribution >= 4 is 28.9 Å². The van der Waals surface area contributed by atoms with Crippen molar-refractivity contribution in [2.75, 3.05) is 29.6 Å². The van der Waals surface area contributed by atoms with Crippen molar-refractivity contribution in [1.29, 1.82) is 0 Å². The number of anilines is 3. The molecule has 48 heavy (non-hydrogen) atoms. The molecular formula is C30H22F6N10O2. The van der Waals surface area contributed by atoms with Crippen LogP contribution in [0.25, 0.3) is 22.5 Å². The third kappa shape index (κ3) is 6.81. The standard InChI is InChI=1S/C30H22F6N10O2/c1-44(2)25-10-12-46-26(42-25)21(16-39-46)17-3-6-20(7-4-17)48-28-37-14-19(15-38-28)40-27(47)41-22-13-18(29(31,32)33)5-8-23(22)45-11-9-24(43-45)30(34,35)36/h3-16H,1-2H3,(H2,40,41,47). The number of nitrogens with zero attached hydrogens (tertiary/aromatic N) is 8. The van der Waals surface area contributed by atoms with E-state index in [9.17, 15) is 31.1 Å². The molecule has 0 spiro atoms. The zero-order valence-electron chi connectivity index (χ0n) is 24.7. The second kappa shape index (κ2) is 12.2. The number of nitrogens with one attached hydrogen (secondary N) is 2. The van der Waals surface area contributed by atoms with Crippen LogP contribution in [-0.4, -0.2) is 54.5 Å². The molecule has 2 amide bonds. The van der Waals surface area contributed by atoms with Crippen LogP contribution in [0.15, 0.2) is 85.6 Å². The molecule has 0 aliphatic carbocycles. The van der Waals surface area contributed by atoms with Crippen LogP contribution < -0.4 is 20.3 Å². The van der Waals surface area contributed by atoms with Gasteiger partial charge in [-0.15, -0.1) is 0 Å². The highest BCUT2D eigenvalue weighted by Gasteiger charge is 2.34. The van der Waals surface area contributed by atoms with E-state index in [4.69, 9.17) is 4.74 Å². The van der Waals surface area contributed by atoms with Gasteiger partial charge in [0.1, 0.15) is 11.6 Å². The second-order valence-electron chi connectivity index (χ2n) is 10.3. The van der Waals surface area contributed by atoms with Gasteiger partial charge in [0.2, 0.25) is 0 Å². The van der Waals surface area contributed by atoms with Gasteiger partial charge in [0.25, 0.3) is 0 Å². The number of urea groups is 1. The highest BCUT2D eigenvalue weighted by molar-refractivity contribution is 6.01. The number of carbonyl (C=O) groups is 1. The van der Waals surface area contributed by atoms with Crippen LogP contribution in [-0.2, 0) is 12.4 Å². The van der Waals surface area contributed by atoms with E-state index < -0.39 is 35.3 Å². The van der Waals surface area contributed by atoms with Crippen molar-refractivity contribution in [2.24, 2.45) is 0 Å². The Morgan fingerprint density at radius 2 is 1.58 bits per heavy atom. The number of fused-ring (bicyclic) bond motifs is 1. The van der Waals surface area contributed by atoms with Crippen molar-refractivity contribution in [3.05, 3.63) is 96.8 Å². The SMILES string of the molecule is CN(C)c1ccn2ncc(-c3ccc(Oc4ncc(NC(=O)Nc5cc(C(F)(F)F)ccc5-n5ccc(C(F)(F)F)n5)cn4)cc3)c2n1. The number of carbonyl (C=O) groups excluding carboxylic acids is 1. The molecule has 2 N–H and O–H groups in total. The minimum Gasteiger partial charge on any atom is -0.424 e. The molecule has 0 unspecified atom stereocenters. The van der Waals surface area contributed by atoms with Crippen molar-refractivity contribution in [1.82, 2.24) is 34.3 Å². The number of hydrogen-bond acceptors (Lipinski definition) is 8. The third-order valence-corrected chi connectivity index (χ3v) is 6.77. The topological polar surface area (TPSA) is 127 Å². The summed E-state index contributed by atoms with van der Waals surface area (Å²) >= 11 is 0. The van der Waals surface area contributed by atoms with Crippen LogP contribution in [0.5, 0.6) is 11.8 Å². The number of amides is 2. The molecule has 0 saturated heterocycles. The first-order valence-electron chi connectivity index (χ1n) is 13.8. The summed E-state index contributed by atoms with van der Waals surface area (Å²) in [5.74, 6) is 1.18. The Bertz CT molecular complexity index is 2090. The first kappa shape index (κ1) is 31.8. The van der Waals surface area contributed by atoms with Crippen molar-refractivity contribution in [3.8, 4) is 28.6 Å². The van der Waals surface area contributed by atoms with Crippen LogP contribution in [0.3, 0.4) is 0 Å². The number of halogens is 6. The highest BCUT2D eigenvalue weighted by atomic mass is 19.4. The highest BCUT2D eigenvalue weighted by Crippen LogP contribution is 2.35. The second-order valence-corrected chi connectivity index (χ2v) is 10.3. The number of ether oxygens (including phenoxy) is 1. The lowest BCUT2D eigenvalue weighted by Crippen LogP contribution is -2.21. The predicted octanol–water partition coefficient (Wildman–Crippen LogP) is 6.91. The Morgan fingerprint density at radius 3 is 2.23 bits per heavy atom. The number of benzene rings is 2. The summed E-state index contributed by atoms with van der Waals surface area (Å²) in [6.45, 7) is 0. The molecule has 246 valence electrons. The molecule has 0 bridgehead atoms. The summed E-state index contributed by atoms with van der Waals surface area (Å²) in [5, 5.41) is 12.3. The first-order valence-corrected chi connectivity index (χ1v) is 13.8. The Kier molecular flexibility index (Phi) is 8.07. The molecule has 0 saturated carbocycles. The van der Waals surface area contributed by atoms with E-state index in [0.717, 1.165) is 29.2 Å². The molecule has 6 aromatic rings. The molecule has 12 nitrogen and oxygen atoms in total. The summed E-state index contributed by atoms with van der Waals surface area (Å²) in [7, 11) is 3.78. The van der Waals surface area contributed by atoms with E-state index in [1.807, 2.05) is 43.4 Å². The van der Waals surface area contributed by atoms with Gasteiger partial charge < -0.3 is 20.3 Å². The van der Waals surface area contributed by atoms with Gasteiger partial charge in [0.15, 0.2) is 11.3 Å². The molecule has 4 heterocycles. The van der Waals surface area contributed by atoms with Gasteiger partial charge in [-0.3, -0.25) is 0 Å². The molecule has 4 aromatic heterocycles. The lowest BCUT2D eigenvalue weighted by atomic mass is 10.1. The smallest absolute Gasteiger partial charge is 0.424 e. The van der Waals surface area contributed by atoms with Crippen LogP contribution in [0.4, 0.5) is 48.3 Å². The monoisotopic (exact) mass is 668 g/mol. The minimum atomic E-state index is -4.79. The quantitative estimate of drug-likeness (QED) is 0.176. The maximum Gasteiger partial charge on any atom is 0.435 e. The van der Waals surface area contributed by atoms with E-state index >= 15 is 0 Å². The molecule has 0 radical (unpaired) electrons. The number of hydrogen-bond donors (Lipinski definition) is 2. The molecule has 0 fully saturated rings. The van der Waals surface area contributed by atoms with Gasteiger partial charge in [0, 0.05) is 32.1 Å². The van der Waals surface area contributed by atoms with Gasteiger partial charge in [-0.05, 0) is 48.0 Å². The number of alkyl halides is 6. The lowest BCUT2D eigenvalue weighted by Gasteiger charge is -2.15. The summed E-state index contributed by atoms with van der Waals surface area (Å²) < 4.78 is 87.4. The number of aromatic nitrogens is 7. The molecular weight excluding hydrogens is 646 g/mol. The molecule has 18 heteroatoms. The Balaban J connectivity index is 1.13. The average Bonchev–Trinajstić information content (AvgIpc) is 3.70. The fourth-order valence-corrected chi connectivity index (χ4v) is 4.46. The normalized spacial score (nSPS) is 11.8. The Hall–Kier alpha value is -6.20. The van der Waals surface area contributed by atoms with E-state index in [1.54, 1.807) is 22.8 Å². The Morgan fingerprint density at radius 1 is 0.854 bits per heavy atom. The molecule has 0 atom stereocenters. The van der Waals surface area contributed by atoms with Gasteiger partial charge >= 0.3 is 24.4 Å². The Labute approximate surface area is 266 Å². The van der Waals surface area contributed by atoms with E-state index in [2.05, 4.69) is 35.8 Å². The lowest BCUT2D eigenvalue weighted by molar-refractivity contribution is -0.141. The van der Waals surface area contributed by atoms with Crippen LogP contribution in [0.2, 0.25) is 0 Å². The summed E-state index contributed by atoms with van der Waals surface area (Å²) in [5.41, 5.74) is -0.746. The first-order chi connectivity index (χ1) is 22.7. The molecule has 2 aromatic carbocycles. The average molecular weight is 669 g/mol. The van der Waals surface area contributed by atoms with Crippen LogP contribution in [0, 0.1) is 0 Å². The van der Waals surface area contributed by atoms with Crippen molar-refractivity contribution in [2.45, 2.75) is 12.4 Å². The minimum absolute atomic E-state index is 0.0415. The zero-order chi connectivity index (χ0) is 34.2.